The van der Waals surface area contributed by atoms with E-state index in [-0.39, 0.29) is 11.8 Å². The maximum Gasteiger partial charge on any atom is 0.239 e. The van der Waals surface area contributed by atoms with Gasteiger partial charge in [0.1, 0.15) is 5.92 Å². The van der Waals surface area contributed by atoms with E-state index in [0.29, 0.717) is 25.4 Å². The minimum atomic E-state index is -0.554. The Balaban J connectivity index is 1.94. The van der Waals surface area contributed by atoms with E-state index >= 15 is 0 Å². The predicted octanol–water partition coefficient (Wildman–Crippen LogP) is 1.89. The highest BCUT2D eigenvalue weighted by molar-refractivity contribution is 6.09. The van der Waals surface area contributed by atoms with Crippen LogP contribution in [0.2, 0.25) is 0 Å². The maximum absolute atomic E-state index is 12.5. The molecule has 0 aromatic heterocycles. The van der Waals surface area contributed by atoms with Crippen molar-refractivity contribution < 1.29 is 9.59 Å². The summed E-state index contributed by atoms with van der Waals surface area (Å²) < 4.78 is 0. The molecule has 1 fully saturated rings. The van der Waals surface area contributed by atoms with Crippen molar-refractivity contribution >= 4 is 17.5 Å². The van der Waals surface area contributed by atoms with Crippen LogP contribution in [0.15, 0.2) is 24.3 Å². The first-order valence-corrected chi connectivity index (χ1v) is 8.44. The molecule has 126 valence electrons. The number of hydrogen-bond acceptors (Lipinski definition) is 3. The zero-order valence-corrected chi connectivity index (χ0v) is 14.3. The molecular weight excluding hydrogens is 290 g/mol. The van der Waals surface area contributed by atoms with Crippen molar-refractivity contribution in [1.29, 1.82) is 0 Å². The molecule has 1 unspecified atom stereocenters. The van der Waals surface area contributed by atoms with Crippen molar-refractivity contribution in [2.45, 2.75) is 33.1 Å². The van der Waals surface area contributed by atoms with Gasteiger partial charge in [-0.2, -0.15) is 0 Å². The van der Waals surface area contributed by atoms with Crippen molar-refractivity contribution in [3.05, 3.63) is 29.8 Å². The third-order valence-electron chi connectivity index (χ3n) is 4.24. The molecule has 5 nitrogen and oxygen atoms in total. The molecule has 0 spiro atoms. The number of likely N-dealkylation sites (N-methyl/N-ethyl adjacent to an activating group) is 1. The lowest BCUT2D eigenvalue weighted by Crippen LogP contribution is -2.39. The molecule has 1 aromatic rings. The predicted molar refractivity (Wildman–Crippen MR) is 92.5 cm³/mol. The standard InChI is InChI=1S/C18H27N3O2/c1-4-19-10-11-20-17(22)16-9-12-21(18(16)23)15-7-5-14(6-8-15)13(2)3/h5-8,13,16,19H,4,9-12H2,1-3H3,(H,20,22). The summed E-state index contributed by atoms with van der Waals surface area (Å²) in [5, 5.41) is 5.98. The SMILES string of the molecule is CCNCCNC(=O)C1CCN(c2ccc(C(C)C)cc2)C1=O. The molecule has 2 amide bonds. The van der Waals surface area contributed by atoms with Crippen LogP contribution in [0.5, 0.6) is 0 Å². The molecule has 1 aliphatic heterocycles. The first-order chi connectivity index (χ1) is 11.0. The van der Waals surface area contributed by atoms with E-state index in [9.17, 15) is 9.59 Å². The molecule has 1 heterocycles. The Labute approximate surface area is 138 Å². The number of nitrogens with one attached hydrogen (secondary N) is 2. The number of rotatable bonds is 7. The lowest BCUT2D eigenvalue weighted by molar-refractivity contribution is -0.132. The summed E-state index contributed by atoms with van der Waals surface area (Å²) in [6.45, 7) is 9.06. The fraction of sp³-hybridized carbons (Fsp3) is 0.556. The summed E-state index contributed by atoms with van der Waals surface area (Å²) in [4.78, 5) is 26.4. The second-order valence-corrected chi connectivity index (χ2v) is 6.22. The first-order valence-electron chi connectivity index (χ1n) is 8.44. The first kappa shape index (κ1) is 17.5. The average molecular weight is 317 g/mol. The monoisotopic (exact) mass is 317 g/mol. The zero-order valence-electron chi connectivity index (χ0n) is 14.3. The van der Waals surface area contributed by atoms with Gasteiger partial charge in [-0.15, -0.1) is 0 Å². The number of amides is 2. The van der Waals surface area contributed by atoms with Crippen LogP contribution >= 0.6 is 0 Å². The highest BCUT2D eigenvalue weighted by atomic mass is 16.2. The van der Waals surface area contributed by atoms with Gasteiger partial charge in [0.2, 0.25) is 11.8 Å². The van der Waals surface area contributed by atoms with Crippen LogP contribution in [0.4, 0.5) is 5.69 Å². The molecule has 2 rings (SSSR count). The Morgan fingerprint density at radius 1 is 1.26 bits per heavy atom. The van der Waals surface area contributed by atoms with Gasteiger partial charge in [-0.1, -0.05) is 32.9 Å². The van der Waals surface area contributed by atoms with E-state index < -0.39 is 5.92 Å². The van der Waals surface area contributed by atoms with Gasteiger partial charge in [0.15, 0.2) is 0 Å². The molecule has 1 atom stereocenters. The topological polar surface area (TPSA) is 61.4 Å². The minimum Gasteiger partial charge on any atom is -0.354 e. The number of anilines is 1. The average Bonchev–Trinajstić information content (AvgIpc) is 2.93. The molecule has 0 aliphatic carbocycles. The maximum atomic E-state index is 12.5. The van der Waals surface area contributed by atoms with Gasteiger partial charge in [-0.25, -0.2) is 0 Å². The van der Waals surface area contributed by atoms with E-state index in [1.165, 1.54) is 5.56 Å². The van der Waals surface area contributed by atoms with Crippen LogP contribution in [-0.4, -0.2) is 38.0 Å². The summed E-state index contributed by atoms with van der Waals surface area (Å²) in [5.41, 5.74) is 2.13. The molecule has 1 aliphatic rings. The molecule has 0 bridgehead atoms. The smallest absolute Gasteiger partial charge is 0.239 e. The summed E-state index contributed by atoms with van der Waals surface area (Å²) in [5.74, 6) is -0.340. The van der Waals surface area contributed by atoms with Gasteiger partial charge in [0.25, 0.3) is 0 Å². The molecular formula is C18H27N3O2. The quantitative estimate of drug-likeness (QED) is 0.596. The molecule has 2 N–H and O–H groups in total. The Bertz CT molecular complexity index is 540. The van der Waals surface area contributed by atoms with Crippen LogP contribution < -0.4 is 15.5 Å². The fourth-order valence-electron chi connectivity index (χ4n) is 2.79. The van der Waals surface area contributed by atoms with Crippen LogP contribution in [0.25, 0.3) is 0 Å². The Kier molecular flexibility index (Phi) is 6.16. The van der Waals surface area contributed by atoms with Gasteiger partial charge in [0, 0.05) is 25.3 Å². The molecule has 0 saturated carbocycles. The Morgan fingerprint density at radius 2 is 1.96 bits per heavy atom. The Morgan fingerprint density at radius 3 is 2.57 bits per heavy atom. The molecule has 0 radical (unpaired) electrons. The number of carbonyl (C=O) groups is 2. The molecule has 5 heteroatoms. The van der Waals surface area contributed by atoms with E-state index in [1.54, 1.807) is 4.90 Å². The van der Waals surface area contributed by atoms with E-state index in [1.807, 2.05) is 19.1 Å². The van der Waals surface area contributed by atoms with Crippen LogP contribution in [0, 0.1) is 5.92 Å². The normalized spacial score (nSPS) is 17.8. The van der Waals surface area contributed by atoms with Crippen LogP contribution in [0.1, 0.15) is 38.7 Å². The molecule has 1 saturated heterocycles. The second kappa shape index (κ2) is 8.11. The summed E-state index contributed by atoms with van der Waals surface area (Å²) in [7, 11) is 0. The van der Waals surface area contributed by atoms with Gasteiger partial charge in [-0.3, -0.25) is 9.59 Å². The lowest BCUT2D eigenvalue weighted by atomic mass is 10.0. The third kappa shape index (κ3) is 4.32. The zero-order chi connectivity index (χ0) is 16.8. The summed E-state index contributed by atoms with van der Waals surface area (Å²) in [6, 6.07) is 8.05. The van der Waals surface area contributed by atoms with Gasteiger partial charge in [-0.05, 0) is 36.6 Å². The van der Waals surface area contributed by atoms with Crippen molar-refractivity contribution in [2.75, 3.05) is 31.1 Å². The van der Waals surface area contributed by atoms with E-state index in [0.717, 1.165) is 18.8 Å². The van der Waals surface area contributed by atoms with Crippen molar-refractivity contribution in [3.63, 3.8) is 0 Å². The van der Waals surface area contributed by atoms with E-state index in [2.05, 4.69) is 36.6 Å². The highest BCUT2D eigenvalue weighted by Gasteiger charge is 2.37. The third-order valence-corrected chi connectivity index (χ3v) is 4.24. The molecule has 1 aromatic carbocycles. The van der Waals surface area contributed by atoms with Gasteiger partial charge >= 0.3 is 0 Å². The van der Waals surface area contributed by atoms with Gasteiger partial charge < -0.3 is 15.5 Å². The Hall–Kier alpha value is -1.88. The van der Waals surface area contributed by atoms with Crippen LogP contribution in [0.3, 0.4) is 0 Å². The fourth-order valence-corrected chi connectivity index (χ4v) is 2.79. The van der Waals surface area contributed by atoms with Crippen molar-refractivity contribution in [2.24, 2.45) is 5.92 Å². The number of hydrogen-bond donors (Lipinski definition) is 2. The van der Waals surface area contributed by atoms with Gasteiger partial charge in [0.05, 0.1) is 0 Å². The van der Waals surface area contributed by atoms with Crippen molar-refractivity contribution in [3.8, 4) is 0 Å². The van der Waals surface area contributed by atoms with Crippen LogP contribution in [-0.2, 0) is 9.59 Å². The lowest BCUT2D eigenvalue weighted by Gasteiger charge is -2.18. The highest BCUT2D eigenvalue weighted by Crippen LogP contribution is 2.27. The number of nitrogens with zero attached hydrogens (tertiary/aromatic N) is 1. The number of carbonyl (C=O) groups excluding carboxylic acids is 2. The molecule has 23 heavy (non-hydrogen) atoms. The van der Waals surface area contributed by atoms with Crippen molar-refractivity contribution in [1.82, 2.24) is 10.6 Å². The minimum absolute atomic E-state index is 0.0942. The second-order valence-electron chi connectivity index (χ2n) is 6.22. The summed E-state index contributed by atoms with van der Waals surface area (Å²) >= 11 is 0. The van der Waals surface area contributed by atoms with E-state index in [4.69, 9.17) is 0 Å². The summed E-state index contributed by atoms with van der Waals surface area (Å²) in [6.07, 6.45) is 0.581. The largest absolute Gasteiger partial charge is 0.354 e. The number of benzene rings is 1.